The van der Waals surface area contributed by atoms with Gasteiger partial charge in [0.25, 0.3) is 0 Å². The van der Waals surface area contributed by atoms with E-state index in [-0.39, 0.29) is 17.2 Å². The maximum absolute atomic E-state index is 12.1. The smallest absolute Gasteiger partial charge is 0.227 e. The third-order valence-corrected chi connectivity index (χ3v) is 5.10. The fourth-order valence-corrected chi connectivity index (χ4v) is 3.37. The lowest BCUT2D eigenvalue weighted by atomic mass is 9.87. The van der Waals surface area contributed by atoms with Gasteiger partial charge in [-0.15, -0.1) is 0 Å². The molecule has 0 unspecified atom stereocenters. The fourth-order valence-electron chi connectivity index (χ4n) is 3.37. The van der Waals surface area contributed by atoms with Gasteiger partial charge < -0.3 is 15.0 Å². The number of ether oxygens (including phenoxy) is 1. The second kappa shape index (κ2) is 9.12. The number of benzene rings is 2. The molecule has 1 N–H and O–H groups in total. The summed E-state index contributed by atoms with van der Waals surface area (Å²) in [5.74, 6) is 0.935. The first-order valence-electron chi connectivity index (χ1n) is 10.2. The molecule has 1 aliphatic rings. The number of anilines is 1. The lowest BCUT2D eigenvalue weighted by molar-refractivity contribution is -0.120. The van der Waals surface area contributed by atoms with Gasteiger partial charge in [0.15, 0.2) is 0 Å². The van der Waals surface area contributed by atoms with E-state index in [1.807, 2.05) is 36.4 Å². The van der Waals surface area contributed by atoms with E-state index in [1.54, 1.807) is 4.90 Å². The SMILES string of the molecule is CC(C)(C)c1ccc(OCCNC(=O)Cc2ccc(N3CCCC3=O)cc2)cc1. The van der Waals surface area contributed by atoms with E-state index in [1.165, 1.54) is 5.56 Å². The molecular weight excluding hydrogens is 364 g/mol. The normalized spacial score (nSPS) is 14.2. The predicted octanol–water partition coefficient (Wildman–Crippen LogP) is 3.85. The molecule has 5 nitrogen and oxygen atoms in total. The average Bonchev–Trinajstić information content (AvgIpc) is 3.11. The van der Waals surface area contributed by atoms with E-state index >= 15 is 0 Å². The van der Waals surface area contributed by atoms with E-state index in [2.05, 4.69) is 38.2 Å². The van der Waals surface area contributed by atoms with E-state index in [9.17, 15) is 9.59 Å². The van der Waals surface area contributed by atoms with Gasteiger partial charge in [0, 0.05) is 18.7 Å². The van der Waals surface area contributed by atoms with E-state index in [0.29, 0.717) is 26.0 Å². The van der Waals surface area contributed by atoms with Gasteiger partial charge in [0.05, 0.1) is 13.0 Å². The number of amides is 2. The number of carbonyl (C=O) groups excluding carboxylic acids is 2. The van der Waals surface area contributed by atoms with Crippen LogP contribution in [0.15, 0.2) is 48.5 Å². The van der Waals surface area contributed by atoms with Gasteiger partial charge in [-0.25, -0.2) is 0 Å². The molecule has 2 aromatic carbocycles. The number of carbonyl (C=O) groups is 2. The summed E-state index contributed by atoms with van der Waals surface area (Å²) in [7, 11) is 0. The van der Waals surface area contributed by atoms with E-state index in [0.717, 1.165) is 30.0 Å². The molecule has 1 saturated heterocycles. The first-order chi connectivity index (χ1) is 13.8. The van der Waals surface area contributed by atoms with Crippen LogP contribution < -0.4 is 15.0 Å². The van der Waals surface area contributed by atoms with Crippen molar-refractivity contribution < 1.29 is 14.3 Å². The second-order valence-corrected chi connectivity index (χ2v) is 8.46. The third-order valence-electron chi connectivity index (χ3n) is 5.10. The highest BCUT2D eigenvalue weighted by Gasteiger charge is 2.21. The molecule has 29 heavy (non-hydrogen) atoms. The number of rotatable bonds is 7. The highest BCUT2D eigenvalue weighted by Crippen LogP contribution is 2.24. The molecule has 0 saturated carbocycles. The zero-order valence-electron chi connectivity index (χ0n) is 17.5. The molecule has 154 valence electrons. The van der Waals surface area contributed by atoms with Crippen molar-refractivity contribution in [2.45, 2.75) is 45.4 Å². The van der Waals surface area contributed by atoms with Gasteiger partial charge in [0.1, 0.15) is 12.4 Å². The first kappa shape index (κ1) is 20.9. The van der Waals surface area contributed by atoms with Crippen molar-refractivity contribution in [1.82, 2.24) is 5.32 Å². The topological polar surface area (TPSA) is 58.6 Å². The number of hydrogen-bond donors (Lipinski definition) is 1. The van der Waals surface area contributed by atoms with Crippen LogP contribution in [-0.2, 0) is 21.4 Å². The molecule has 2 amide bonds. The Bertz CT molecular complexity index is 836. The van der Waals surface area contributed by atoms with Crippen LogP contribution in [0.4, 0.5) is 5.69 Å². The molecule has 2 aromatic rings. The minimum absolute atomic E-state index is 0.0401. The maximum atomic E-state index is 12.1. The van der Waals surface area contributed by atoms with Crippen LogP contribution in [0.3, 0.4) is 0 Å². The quantitative estimate of drug-likeness (QED) is 0.726. The van der Waals surface area contributed by atoms with Crippen molar-refractivity contribution in [3.63, 3.8) is 0 Å². The predicted molar refractivity (Wildman–Crippen MR) is 115 cm³/mol. The number of nitrogens with one attached hydrogen (secondary N) is 1. The van der Waals surface area contributed by atoms with Crippen molar-refractivity contribution in [1.29, 1.82) is 0 Å². The zero-order valence-corrected chi connectivity index (χ0v) is 17.5. The molecule has 3 rings (SSSR count). The van der Waals surface area contributed by atoms with Crippen molar-refractivity contribution >= 4 is 17.5 Å². The lowest BCUT2D eigenvalue weighted by Crippen LogP contribution is -2.29. The Kier molecular flexibility index (Phi) is 6.57. The summed E-state index contributed by atoms with van der Waals surface area (Å²) in [6, 6.07) is 15.7. The van der Waals surface area contributed by atoms with Crippen LogP contribution >= 0.6 is 0 Å². The van der Waals surface area contributed by atoms with Crippen LogP contribution in [0, 0.1) is 0 Å². The minimum atomic E-state index is -0.0401. The van der Waals surface area contributed by atoms with Crippen molar-refractivity contribution in [3.05, 3.63) is 59.7 Å². The van der Waals surface area contributed by atoms with Crippen LogP contribution in [0.1, 0.15) is 44.7 Å². The Labute approximate surface area is 173 Å². The number of hydrogen-bond acceptors (Lipinski definition) is 3. The molecule has 0 aromatic heterocycles. The minimum Gasteiger partial charge on any atom is -0.492 e. The molecule has 5 heteroatoms. The highest BCUT2D eigenvalue weighted by molar-refractivity contribution is 5.95. The van der Waals surface area contributed by atoms with Crippen molar-refractivity contribution in [2.75, 3.05) is 24.6 Å². The van der Waals surface area contributed by atoms with Gasteiger partial charge in [0.2, 0.25) is 11.8 Å². The highest BCUT2D eigenvalue weighted by atomic mass is 16.5. The van der Waals surface area contributed by atoms with Crippen molar-refractivity contribution in [3.8, 4) is 5.75 Å². The third kappa shape index (κ3) is 5.83. The molecule has 0 bridgehead atoms. The van der Waals surface area contributed by atoms with Gasteiger partial charge in [-0.1, -0.05) is 45.0 Å². The van der Waals surface area contributed by atoms with Crippen LogP contribution in [-0.4, -0.2) is 31.5 Å². The Balaban J connectivity index is 1.39. The summed E-state index contributed by atoms with van der Waals surface area (Å²) in [5, 5.41) is 2.89. The van der Waals surface area contributed by atoms with E-state index < -0.39 is 0 Å². The molecule has 0 atom stereocenters. The monoisotopic (exact) mass is 394 g/mol. The second-order valence-electron chi connectivity index (χ2n) is 8.46. The zero-order chi connectivity index (χ0) is 20.9. The molecular formula is C24H30N2O3. The summed E-state index contributed by atoms with van der Waals surface area (Å²) >= 11 is 0. The Morgan fingerprint density at radius 1 is 1.07 bits per heavy atom. The summed E-state index contributed by atoms with van der Waals surface area (Å²) in [6.07, 6.45) is 1.84. The maximum Gasteiger partial charge on any atom is 0.227 e. The van der Waals surface area contributed by atoms with Gasteiger partial charge in [-0.2, -0.15) is 0 Å². The molecule has 1 heterocycles. The lowest BCUT2D eigenvalue weighted by Gasteiger charge is -2.19. The van der Waals surface area contributed by atoms with Crippen LogP contribution in [0.2, 0.25) is 0 Å². The van der Waals surface area contributed by atoms with E-state index in [4.69, 9.17) is 4.74 Å². The van der Waals surface area contributed by atoms with Crippen LogP contribution in [0.5, 0.6) is 5.75 Å². The standard InChI is InChI=1S/C24H30N2O3/c1-24(2,3)19-8-12-21(13-9-19)29-16-14-25-22(27)17-18-6-10-20(11-7-18)26-15-4-5-23(26)28/h6-13H,4-5,14-17H2,1-3H3,(H,25,27). The Morgan fingerprint density at radius 2 is 1.76 bits per heavy atom. The summed E-state index contributed by atoms with van der Waals surface area (Å²) in [6.45, 7) is 8.20. The Morgan fingerprint density at radius 3 is 2.34 bits per heavy atom. The van der Waals surface area contributed by atoms with Gasteiger partial charge >= 0.3 is 0 Å². The molecule has 1 aliphatic heterocycles. The molecule has 0 spiro atoms. The van der Waals surface area contributed by atoms with Gasteiger partial charge in [-0.3, -0.25) is 9.59 Å². The summed E-state index contributed by atoms with van der Waals surface area (Å²) in [4.78, 5) is 25.7. The molecule has 1 fully saturated rings. The first-order valence-corrected chi connectivity index (χ1v) is 10.2. The molecule has 0 aliphatic carbocycles. The number of nitrogens with zero attached hydrogens (tertiary/aromatic N) is 1. The summed E-state index contributed by atoms with van der Waals surface area (Å²) < 4.78 is 5.70. The Hall–Kier alpha value is -2.82. The van der Waals surface area contributed by atoms with Crippen molar-refractivity contribution in [2.24, 2.45) is 0 Å². The fraction of sp³-hybridized carbons (Fsp3) is 0.417. The summed E-state index contributed by atoms with van der Waals surface area (Å²) in [5.41, 5.74) is 3.21. The average molecular weight is 395 g/mol. The van der Waals surface area contributed by atoms with Crippen LogP contribution in [0.25, 0.3) is 0 Å². The molecule has 0 radical (unpaired) electrons. The largest absolute Gasteiger partial charge is 0.492 e. The van der Waals surface area contributed by atoms with Gasteiger partial charge in [-0.05, 0) is 47.2 Å².